The number of amides is 1. The van der Waals surface area contributed by atoms with Gasteiger partial charge in [0.05, 0.1) is 12.3 Å². The summed E-state index contributed by atoms with van der Waals surface area (Å²) in [6.45, 7) is 4.74. The van der Waals surface area contributed by atoms with Crippen LogP contribution in [0.5, 0.6) is 0 Å². The maximum Gasteiger partial charge on any atom is 0.410 e. The third kappa shape index (κ3) is 5.82. The molecular formula is C17H23ClN2O6S. The molecule has 1 saturated heterocycles. The van der Waals surface area contributed by atoms with Gasteiger partial charge in [-0.25, -0.2) is 13.2 Å². The average molecular weight is 419 g/mol. The number of nitrogens with zero attached hydrogens (tertiary/aromatic N) is 2. The maximum absolute atomic E-state index is 12.8. The first-order valence-electron chi connectivity index (χ1n) is 8.34. The van der Waals surface area contributed by atoms with Crippen LogP contribution in [0.25, 0.3) is 0 Å². The molecule has 1 aromatic carbocycles. The number of hydrogen-bond donors (Lipinski definition) is 1. The molecule has 10 heteroatoms. The molecular weight excluding hydrogens is 396 g/mol. The number of halogens is 1. The smallest absolute Gasteiger partial charge is 0.410 e. The standard InChI is InChI=1S/C17H23ClN2O6S/c1-17(2,3)26-16(23)19-7-8-20(14(10-19)15(21)22)27(24,25)11-12-5-4-6-13(18)9-12/h4-6,9,14H,7-8,10-11H2,1-3H3,(H,21,22). The summed E-state index contributed by atoms with van der Waals surface area (Å²) < 4.78 is 31.7. The molecule has 1 heterocycles. The summed E-state index contributed by atoms with van der Waals surface area (Å²) in [5.41, 5.74) is -0.271. The lowest BCUT2D eigenvalue weighted by Gasteiger charge is -2.38. The van der Waals surface area contributed by atoms with E-state index in [-0.39, 0.29) is 25.4 Å². The van der Waals surface area contributed by atoms with Gasteiger partial charge in [0.15, 0.2) is 0 Å². The Labute approximate surface area is 163 Å². The molecule has 0 spiro atoms. The van der Waals surface area contributed by atoms with Crippen molar-refractivity contribution in [1.29, 1.82) is 0 Å². The Morgan fingerprint density at radius 3 is 2.52 bits per heavy atom. The number of piperazine rings is 1. The highest BCUT2D eigenvalue weighted by atomic mass is 35.5. The zero-order valence-electron chi connectivity index (χ0n) is 15.4. The predicted molar refractivity (Wildman–Crippen MR) is 100 cm³/mol. The van der Waals surface area contributed by atoms with Crippen LogP contribution in [-0.2, 0) is 25.3 Å². The molecule has 1 unspecified atom stereocenters. The van der Waals surface area contributed by atoms with Crippen molar-refractivity contribution in [2.45, 2.75) is 38.2 Å². The number of aliphatic carboxylic acids is 1. The molecule has 1 atom stereocenters. The van der Waals surface area contributed by atoms with E-state index in [1.807, 2.05) is 0 Å². The van der Waals surface area contributed by atoms with Gasteiger partial charge in [-0.1, -0.05) is 23.7 Å². The van der Waals surface area contributed by atoms with E-state index < -0.39 is 33.7 Å². The number of rotatable bonds is 4. The van der Waals surface area contributed by atoms with Crippen molar-refractivity contribution in [1.82, 2.24) is 9.21 Å². The molecule has 2 rings (SSSR count). The second-order valence-corrected chi connectivity index (χ2v) is 9.64. The Morgan fingerprint density at radius 1 is 1.30 bits per heavy atom. The number of carboxylic acids is 1. The average Bonchev–Trinajstić information content (AvgIpc) is 2.52. The predicted octanol–water partition coefficient (Wildman–Crippen LogP) is 2.18. The number of carbonyl (C=O) groups is 2. The van der Waals surface area contributed by atoms with Gasteiger partial charge in [0.25, 0.3) is 0 Å². The number of ether oxygens (including phenoxy) is 1. The van der Waals surface area contributed by atoms with E-state index in [1.54, 1.807) is 39.0 Å². The normalized spacial score (nSPS) is 19.0. The molecule has 0 aromatic heterocycles. The number of carbonyl (C=O) groups excluding carboxylic acids is 1. The summed E-state index contributed by atoms with van der Waals surface area (Å²) in [7, 11) is -3.92. The van der Waals surface area contributed by atoms with Gasteiger partial charge >= 0.3 is 12.1 Å². The Morgan fingerprint density at radius 2 is 1.96 bits per heavy atom. The van der Waals surface area contributed by atoms with Crippen molar-refractivity contribution in [3.8, 4) is 0 Å². The minimum absolute atomic E-state index is 0.0491. The van der Waals surface area contributed by atoms with Gasteiger partial charge < -0.3 is 14.7 Å². The molecule has 1 aromatic rings. The van der Waals surface area contributed by atoms with Crippen LogP contribution in [0.3, 0.4) is 0 Å². The van der Waals surface area contributed by atoms with Crippen LogP contribution in [0.2, 0.25) is 5.02 Å². The van der Waals surface area contributed by atoms with Crippen molar-refractivity contribution in [2.75, 3.05) is 19.6 Å². The third-order valence-corrected chi connectivity index (χ3v) is 5.95. The fourth-order valence-corrected chi connectivity index (χ4v) is 4.60. The fraction of sp³-hybridized carbons (Fsp3) is 0.529. The Bertz CT molecular complexity index is 821. The van der Waals surface area contributed by atoms with Crippen LogP contribution in [0.1, 0.15) is 26.3 Å². The largest absolute Gasteiger partial charge is 0.480 e. The van der Waals surface area contributed by atoms with Crippen LogP contribution < -0.4 is 0 Å². The Kier molecular flexibility index (Phi) is 6.39. The van der Waals surface area contributed by atoms with E-state index in [9.17, 15) is 23.1 Å². The monoisotopic (exact) mass is 418 g/mol. The van der Waals surface area contributed by atoms with Crippen LogP contribution in [0.4, 0.5) is 4.79 Å². The Balaban J connectivity index is 2.17. The van der Waals surface area contributed by atoms with Gasteiger partial charge in [-0.15, -0.1) is 0 Å². The molecule has 1 aliphatic rings. The van der Waals surface area contributed by atoms with Crippen molar-refractivity contribution < 1.29 is 27.9 Å². The summed E-state index contributed by atoms with van der Waals surface area (Å²) >= 11 is 5.88. The zero-order chi connectivity index (χ0) is 20.4. The second-order valence-electron chi connectivity index (χ2n) is 7.28. The van der Waals surface area contributed by atoms with Gasteiger partial charge in [-0.05, 0) is 38.5 Å². The van der Waals surface area contributed by atoms with E-state index in [0.717, 1.165) is 4.31 Å². The van der Waals surface area contributed by atoms with Crippen molar-refractivity contribution in [3.05, 3.63) is 34.9 Å². The summed E-state index contributed by atoms with van der Waals surface area (Å²) in [5.74, 6) is -1.69. The maximum atomic E-state index is 12.8. The van der Waals surface area contributed by atoms with E-state index >= 15 is 0 Å². The van der Waals surface area contributed by atoms with E-state index in [1.165, 1.54) is 11.0 Å². The first kappa shape index (κ1) is 21.5. The molecule has 8 nitrogen and oxygen atoms in total. The molecule has 0 saturated carbocycles. The Hall–Kier alpha value is -1.84. The van der Waals surface area contributed by atoms with Crippen molar-refractivity contribution in [3.63, 3.8) is 0 Å². The quantitative estimate of drug-likeness (QED) is 0.803. The molecule has 1 aliphatic heterocycles. The minimum atomic E-state index is -3.92. The molecule has 150 valence electrons. The van der Waals surface area contributed by atoms with E-state index in [4.69, 9.17) is 16.3 Å². The molecule has 0 bridgehead atoms. The topological polar surface area (TPSA) is 104 Å². The molecule has 0 radical (unpaired) electrons. The van der Waals surface area contributed by atoms with Gasteiger partial charge in [0, 0.05) is 18.1 Å². The van der Waals surface area contributed by atoms with Crippen LogP contribution >= 0.6 is 11.6 Å². The highest BCUT2D eigenvalue weighted by Crippen LogP contribution is 2.21. The summed E-state index contributed by atoms with van der Waals surface area (Å²) in [6.07, 6.45) is -0.666. The summed E-state index contributed by atoms with van der Waals surface area (Å²) in [5, 5.41) is 9.90. The second kappa shape index (κ2) is 8.04. The molecule has 1 N–H and O–H groups in total. The summed E-state index contributed by atoms with van der Waals surface area (Å²) in [6, 6.07) is 5.00. The zero-order valence-corrected chi connectivity index (χ0v) is 17.0. The minimum Gasteiger partial charge on any atom is -0.480 e. The fourth-order valence-electron chi connectivity index (χ4n) is 2.71. The van der Waals surface area contributed by atoms with E-state index in [0.29, 0.717) is 10.6 Å². The number of hydrogen-bond acceptors (Lipinski definition) is 5. The van der Waals surface area contributed by atoms with Crippen LogP contribution in [0.15, 0.2) is 24.3 Å². The van der Waals surface area contributed by atoms with Gasteiger partial charge in [-0.2, -0.15) is 4.31 Å². The number of benzene rings is 1. The molecule has 27 heavy (non-hydrogen) atoms. The first-order chi connectivity index (χ1) is 12.4. The third-order valence-electron chi connectivity index (χ3n) is 3.86. The van der Waals surface area contributed by atoms with Crippen molar-refractivity contribution >= 4 is 33.7 Å². The highest BCUT2D eigenvalue weighted by molar-refractivity contribution is 7.88. The number of carboxylic acid groups (broad SMARTS) is 1. The number of sulfonamides is 1. The first-order valence-corrected chi connectivity index (χ1v) is 10.3. The van der Waals surface area contributed by atoms with Crippen molar-refractivity contribution in [2.24, 2.45) is 0 Å². The lowest BCUT2D eigenvalue weighted by Crippen LogP contribution is -2.59. The lowest BCUT2D eigenvalue weighted by atomic mass is 10.2. The van der Waals surface area contributed by atoms with Gasteiger partial charge in [0.1, 0.15) is 11.6 Å². The van der Waals surface area contributed by atoms with Crippen LogP contribution in [0, 0.1) is 0 Å². The molecule has 1 fully saturated rings. The molecule has 1 amide bonds. The van der Waals surface area contributed by atoms with Gasteiger partial charge in [0.2, 0.25) is 10.0 Å². The lowest BCUT2D eigenvalue weighted by molar-refractivity contribution is -0.143. The summed E-state index contributed by atoms with van der Waals surface area (Å²) in [4.78, 5) is 25.1. The highest BCUT2D eigenvalue weighted by Gasteiger charge is 2.41. The van der Waals surface area contributed by atoms with Gasteiger partial charge in [-0.3, -0.25) is 4.79 Å². The SMILES string of the molecule is CC(C)(C)OC(=O)N1CCN(S(=O)(=O)Cc2cccc(Cl)c2)C(C(=O)O)C1. The van der Waals surface area contributed by atoms with Crippen LogP contribution in [-0.4, -0.2) is 66.1 Å². The molecule has 0 aliphatic carbocycles. The van der Waals surface area contributed by atoms with E-state index in [2.05, 4.69) is 0 Å².